The predicted molar refractivity (Wildman–Crippen MR) is 68.8 cm³/mol. The van der Waals surface area contributed by atoms with E-state index in [1.165, 1.54) is 0 Å². The zero-order valence-corrected chi connectivity index (χ0v) is 11.3. The number of hydrogen-bond acceptors (Lipinski definition) is 4. The number of morpholine rings is 1. The first-order valence-electron chi connectivity index (χ1n) is 6.57. The fourth-order valence-electron chi connectivity index (χ4n) is 2.23. The average molecular weight is 239 g/mol. The Hall–Kier alpha value is -0.630. The molecule has 0 amide bonds. The van der Waals surface area contributed by atoms with Crippen LogP contribution in [0, 0.1) is 11.3 Å². The summed E-state index contributed by atoms with van der Waals surface area (Å²) in [6, 6.07) is 2.90. The molecule has 0 aromatic rings. The van der Waals surface area contributed by atoms with Crippen LogP contribution in [0.1, 0.15) is 33.1 Å². The van der Waals surface area contributed by atoms with Crippen molar-refractivity contribution in [1.82, 2.24) is 10.2 Å². The lowest BCUT2D eigenvalue weighted by Crippen LogP contribution is -2.46. The molecule has 0 spiro atoms. The van der Waals surface area contributed by atoms with Gasteiger partial charge in [-0.1, -0.05) is 6.92 Å². The molecule has 1 aliphatic rings. The Bertz CT molecular complexity index is 264. The third-order valence-corrected chi connectivity index (χ3v) is 3.74. The summed E-state index contributed by atoms with van der Waals surface area (Å²) in [5.74, 6) is 0. The number of nitriles is 1. The summed E-state index contributed by atoms with van der Waals surface area (Å²) in [7, 11) is 1.85. The molecule has 1 rings (SSSR count). The molecular weight excluding hydrogens is 214 g/mol. The molecule has 1 heterocycles. The Balaban J connectivity index is 2.32. The predicted octanol–water partition coefficient (Wildman–Crippen LogP) is 1.38. The van der Waals surface area contributed by atoms with Crippen molar-refractivity contribution in [3.63, 3.8) is 0 Å². The lowest BCUT2D eigenvalue weighted by molar-refractivity contribution is -0.00956. The van der Waals surface area contributed by atoms with Gasteiger partial charge in [0.25, 0.3) is 0 Å². The summed E-state index contributed by atoms with van der Waals surface area (Å²) >= 11 is 0. The summed E-state index contributed by atoms with van der Waals surface area (Å²) in [6.45, 7) is 7.97. The molecule has 0 aromatic carbocycles. The van der Waals surface area contributed by atoms with Crippen LogP contribution in [0.4, 0.5) is 0 Å². The first kappa shape index (κ1) is 14.4. The van der Waals surface area contributed by atoms with Crippen LogP contribution < -0.4 is 5.32 Å². The summed E-state index contributed by atoms with van der Waals surface area (Å²) in [5.41, 5.74) is -0.381. The maximum atomic E-state index is 9.07. The molecule has 1 N–H and O–H groups in total. The minimum Gasteiger partial charge on any atom is -0.378 e. The van der Waals surface area contributed by atoms with Gasteiger partial charge in [0.1, 0.15) is 5.54 Å². The van der Waals surface area contributed by atoms with Crippen molar-refractivity contribution in [3.05, 3.63) is 0 Å². The normalized spacial score (nSPS) is 25.2. The number of rotatable bonds is 6. The molecule has 17 heavy (non-hydrogen) atoms. The Labute approximate surface area is 105 Å². The van der Waals surface area contributed by atoms with E-state index in [2.05, 4.69) is 23.2 Å². The van der Waals surface area contributed by atoms with E-state index in [-0.39, 0.29) is 5.54 Å². The van der Waals surface area contributed by atoms with Gasteiger partial charge < -0.3 is 10.1 Å². The number of nitrogens with zero attached hydrogens (tertiary/aromatic N) is 2. The summed E-state index contributed by atoms with van der Waals surface area (Å²) in [6.07, 6.45) is 3.09. The van der Waals surface area contributed by atoms with Crippen molar-refractivity contribution in [2.75, 3.05) is 33.4 Å². The second kappa shape index (κ2) is 6.95. The van der Waals surface area contributed by atoms with Crippen LogP contribution in [0.25, 0.3) is 0 Å². The first-order valence-corrected chi connectivity index (χ1v) is 6.57. The molecular formula is C13H25N3O. The van der Waals surface area contributed by atoms with Gasteiger partial charge in [-0.25, -0.2) is 0 Å². The van der Waals surface area contributed by atoms with Gasteiger partial charge in [0.2, 0.25) is 0 Å². The minimum absolute atomic E-state index is 0.381. The van der Waals surface area contributed by atoms with Gasteiger partial charge in [-0.3, -0.25) is 4.90 Å². The van der Waals surface area contributed by atoms with E-state index in [4.69, 9.17) is 10.00 Å². The largest absolute Gasteiger partial charge is 0.378 e. The highest BCUT2D eigenvalue weighted by Crippen LogP contribution is 2.15. The lowest BCUT2D eigenvalue weighted by atomic mass is 9.97. The van der Waals surface area contributed by atoms with E-state index in [0.29, 0.717) is 6.04 Å². The van der Waals surface area contributed by atoms with E-state index < -0.39 is 0 Å². The van der Waals surface area contributed by atoms with Crippen LogP contribution in [0.2, 0.25) is 0 Å². The van der Waals surface area contributed by atoms with E-state index >= 15 is 0 Å². The first-order chi connectivity index (χ1) is 8.15. The summed E-state index contributed by atoms with van der Waals surface area (Å²) in [5, 5.41) is 12.2. The molecule has 2 unspecified atom stereocenters. The zero-order valence-electron chi connectivity index (χ0n) is 11.3. The van der Waals surface area contributed by atoms with E-state index in [1.807, 2.05) is 14.0 Å². The fraction of sp³-hybridized carbons (Fsp3) is 0.923. The number of hydrogen-bond donors (Lipinski definition) is 1. The van der Waals surface area contributed by atoms with Crippen LogP contribution in [-0.4, -0.2) is 49.8 Å². The Morgan fingerprint density at radius 1 is 1.59 bits per heavy atom. The van der Waals surface area contributed by atoms with Crippen LogP contribution >= 0.6 is 0 Å². The monoisotopic (exact) mass is 239 g/mol. The molecule has 0 aliphatic carbocycles. The zero-order chi connectivity index (χ0) is 12.7. The molecule has 0 saturated carbocycles. The molecule has 1 fully saturated rings. The van der Waals surface area contributed by atoms with Gasteiger partial charge in [0, 0.05) is 12.6 Å². The fourth-order valence-corrected chi connectivity index (χ4v) is 2.23. The van der Waals surface area contributed by atoms with Crippen LogP contribution in [-0.2, 0) is 4.74 Å². The average Bonchev–Trinajstić information content (AvgIpc) is 2.39. The standard InChI is InChI=1S/C13H25N3O/c1-4-12-10-17-9-8-16(12)7-5-6-13(2,11-14)15-3/h12,15H,4-10H2,1-3H3. The Morgan fingerprint density at radius 3 is 2.94 bits per heavy atom. The molecule has 2 atom stereocenters. The molecule has 4 heteroatoms. The van der Waals surface area contributed by atoms with E-state index in [0.717, 1.165) is 45.6 Å². The van der Waals surface area contributed by atoms with Crippen molar-refractivity contribution in [1.29, 1.82) is 5.26 Å². The van der Waals surface area contributed by atoms with Crippen molar-refractivity contribution in [3.8, 4) is 6.07 Å². The molecule has 0 radical (unpaired) electrons. The second-order valence-electron chi connectivity index (χ2n) is 4.97. The maximum Gasteiger partial charge on any atom is 0.103 e. The Morgan fingerprint density at radius 2 is 2.35 bits per heavy atom. The third-order valence-electron chi connectivity index (χ3n) is 3.74. The van der Waals surface area contributed by atoms with Gasteiger partial charge in [0.05, 0.1) is 19.3 Å². The highest BCUT2D eigenvalue weighted by atomic mass is 16.5. The number of nitrogens with one attached hydrogen (secondary N) is 1. The van der Waals surface area contributed by atoms with Crippen molar-refractivity contribution in [2.24, 2.45) is 0 Å². The molecule has 98 valence electrons. The van der Waals surface area contributed by atoms with Gasteiger partial charge >= 0.3 is 0 Å². The van der Waals surface area contributed by atoms with Crippen molar-refractivity contribution in [2.45, 2.75) is 44.7 Å². The summed E-state index contributed by atoms with van der Waals surface area (Å²) < 4.78 is 5.49. The maximum absolute atomic E-state index is 9.07. The van der Waals surface area contributed by atoms with Gasteiger partial charge in [0.15, 0.2) is 0 Å². The summed E-state index contributed by atoms with van der Waals surface area (Å²) in [4.78, 5) is 2.50. The van der Waals surface area contributed by atoms with E-state index in [1.54, 1.807) is 0 Å². The molecule has 0 bridgehead atoms. The topological polar surface area (TPSA) is 48.3 Å². The van der Waals surface area contributed by atoms with Crippen LogP contribution in [0.15, 0.2) is 0 Å². The van der Waals surface area contributed by atoms with E-state index in [9.17, 15) is 0 Å². The quantitative estimate of drug-likeness (QED) is 0.761. The minimum atomic E-state index is -0.381. The van der Waals surface area contributed by atoms with Crippen LogP contribution in [0.5, 0.6) is 0 Å². The van der Waals surface area contributed by atoms with Gasteiger partial charge in [-0.05, 0) is 39.8 Å². The van der Waals surface area contributed by atoms with Crippen LogP contribution in [0.3, 0.4) is 0 Å². The second-order valence-corrected chi connectivity index (χ2v) is 4.97. The Kier molecular flexibility index (Phi) is 5.90. The van der Waals surface area contributed by atoms with Gasteiger partial charge in [-0.15, -0.1) is 0 Å². The lowest BCUT2D eigenvalue weighted by Gasteiger charge is -2.35. The number of ether oxygens (including phenoxy) is 1. The van der Waals surface area contributed by atoms with Crippen molar-refractivity contribution >= 4 is 0 Å². The smallest absolute Gasteiger partial charge is 0.103 e. The molecule has 0 aromatic heterocycles. The molecule has 1 saturated heterocycles. The molecule has 4 nitrogen and oxygen atoms in total. The van der Waals surface area contributed by atoms with Crippen molar-refractivity contribution < 1.29 is 4.74 Å². The molecule has 1 aliphatic heterocycles. The SMILES string of the molecule is CCC1COCCN1CCCC(C)(C#N)NC. The highest BCUT2D eigenvalue weighted by Gasteiger charge is 2.24. The highest BCUT2D eigenvalue weighted by molar-refractivity contribution is 5.02. The van der Waals surface area contributed by atoms with Gasteiger partial charge in [-0.2, -0.15) is 5.26 Å². The third kappa shape index (κ3) is 4.27.